The molecule has 1 amide bonds. The van der Waals surface area contributed by atoms with Crippen LogP contribution in [0, 0.1) is 5.82 Å². The summed E-state index contributed by atoms with van der Waals surface area (Å²) in [6, 6.07) is 2.99. The van der Waals surface area contributed by atoms with E-state index in [9.17, 15) is 14.3 Å². The molecule has 1 unspecified atom stereocenters. The van der Waals surface area contributed by atoms with Crippen LogP contribution in [-0.2, 0) is 4.74 Å². The van der Waals surface area contributed by atoms with Crippen molar-refractivity contribution < 1.29 is 23.8 Å². The van der Waals surface area contributed by atoms with Gasteiger partial charge in [0.05, 0.1) is 13.2 Å². The molecule has 1 aliphatic rings. The van der Waals surface area contributed by atoms with Crippen molar-refractivity contribution in [3.8, 4) is 5.75 Å². The van der Waals surface area contributed by atoms with E-state index in [1.807, 2.05) is 13.8 Å². The second-order valence-corrected chi connectivity index (χ2v) is 5.00. The molecule has 2 rings (SSSR count). The van der Waals surface area contributed by atoms with E-state index in [1.54, 1.807) is 6.07 Å². The van der Waals surface area contributed by atoms with Gasteiger partial charge in [0.25, 0.3) is 0 Å². The zero-order valence-electron chi connectivity index (χ0n) is 11.7. The fourth-order valence-corrected chi connectivity index (χ4v) is 2.09. The molecule has 1 aliphatic heterocycles. The number of rotatable bonds is 4. The van der Waals surface area contributed by atoms with E-state index in [4.69, 9.17) is 9.47 Å². The molecule has 0 bridgehead atoms. The van der Waals surface area contributed by atoms with Gasteiger partial charge < -0.3 is 14.6 Å². The highest BCUT2D eigenvalue weighted by atomic mass is 19.1. The Morgan fingerprint density at radius 1 is 1.50 bits per heavy atom. The maximum absolute atomic E-state index is 14.0. The molecule has 1 heterocycles. The number of nitrogens with zero attached hydrogens (tertiary/aromatic N) is 1. The minimum Gasteiger partial charge on any atom is -0.407 e. The third kappa shape index (κ3) is 2.62. The van der Waals surface area contributed by atoms with E-state index < -0.39 is 18.1 Å². The highest BCUT2D eigenvalue weighted by molar-refractivity contribution is 5.74. The molecule has 0 spiro atoms. The fraction of sp³-hybridized carbons (Fsp3) is 0.500. The maximum atomic E-state index is 14.0. The number of carbonyl (C=O) groups excluding carboxylic acids is 1. The van der Waals surface area contributed by atoms with E-state index in [0.717, 1.165) is 10.5 Å². The molecule has 1 atom stereocenters. The zero-order valence-corrected chi connectivity index (χ0v) is 11.7. The van der Waals surface area contributed by atoms with Crippen molar-refractivity contribution in [1.29, 1.82) is 0 Å². The predicted octanol–water partition coefficient (Wildman–Crippen LogP) is 2.40. The Morgan fingerprint density at radius 2 is 2.20 bits per heavy atom. The molecule has 0 saturated carbocycles. The van der Waals surface area contributed by atoms with Gasteiger partial charge in [-0.2, -0.15) is 0 Å². The summed E-state index contributed by atoms with van der Waals surface area (Å²) in [7, 11) is 1.49. The van der Waals surface area contributed by atoms with Gasteiger partial charge in [0.2, 0.25) is 0 Å². The number of benzene rings is 1. The Kier molecular flexibility index (Phi) is 4.25. The van der Waals surface area contributed by atoms with Crippen molar-refractivity contribution >= 4 is 6.09 Å². The van der Waals surface area contributed by atoms with Crippen LogP contribution in [0.1, 0.15) is 37.1 Å². The van der Waals surface area contributed by atoms with Crippen molar-refractivity contribution in [3.63, 3.8) is 0 Å². The Morgan fingerprint density at radius 3 is 2.80 bits per heavy atom. The molecule has 6 heteroatoms. The number of aliphatic hydroxyl groups is 1. The summed E-state index contributed by atoms with van der Waals surface area (Å²) in [6.07, 6.45) is -2.01. The number of aliphatic hydroxyl groups excluding tert-OH is 1. The second-order valence-electron chi connectivity index (χ2n) is 5.00. The first kappa shape index (κ1) is 14.7. The van der Waals surface area contributed by atoms with Gasteiger partial charge in [0.1, 0.15) is 0 Å². The van der Waals surface area contributed by atoms with Crippen LogP contribution in [0.3, 0.4) is 0 Å². The lowest BCUT2D eigenvalue weighted by Gasteiger charge is -2.33. The van der Waals surface area contributed by atoms with Crippen LogP contribution in [0.2, 0.25) is 0 Å². The average molecular weight is 283 g/mol. The Balaban J connectivity index is 2.40. The molecule has 0 aromatic heterocycles. The van der Waals surface area contributed by atoms with E-state index in [2.05, 4.69) is 0 Å². The van der Waals surface area contributed by atoms with Crippen LogP contribution >= 0.6 is 0 Å². The summed E-state index contributed by atoms with van der Waals surface area (Å²) in [5.74, 6) is -0.724. The summed E-state index contributed by atoms with van der Waals surface area (Å²) in [5, 5.41) is 10.3. The molecule has 0 saturated heterocycles. The molecular formula is C14H18FNO4. The van der Waals surface area contributed by atoms with Crippen molar-refractivity contribution in [3.05, 3.63) is 29.1 Å². The number of hydrogen-bond donors (Lipinski definition) is 1. The zero-order chi connectivity index (χ0) is 14.9. The monoisotopic (exact) mass is 283 g/mol. The Labute approximate surface area is 116 Å². The van der Waals surface area contributed by atoms with E-state index in [-0.39, 0.29) is 30.4 Å². The molecule has 110 valence electrons. The van der Waals surface area contributed by atoms with Crippen molar-refractivity contribution in [1.82, 2.24) is 4.90 Å². The quantitative estimate of drug-likeness (QED) is 0.921. The lowest BCUT2D eigenvalue weighted by molar-refractivity contribution is -0.0123. The van der Waals surface area contributed by atoms with Gasteiger partial charge in [0.15, 0.2) is 17.8 Å². The van der Waals surface area contributed by atoms with E-state index in [0.29, 0.717) is 0 Å². The highest BCUT2D eigenvalue weighted by Gasteiger charge is 2.35. The lowest BCUT2D eigenvalue weighted by Crippen LogP contribution is -2.42. The molecule has 0 aliphatic carbocycles. The van der Waals surface area contributed by atoms with Crippen molar-refractivity contribution in [2.75, 3.05) is 20.3 Å². The molecule has 5 nitrogen and oxygen atoms in total. The molecule has 0 fully saturated rings. The smallest absolute Gasteiger partial charge is 0.407 e. The van der Waals surface area contributed by atoms with Crippen LogP contribution in [-0.4, -0.2) is 36.4 Å². The lowest BCUT2D eigenvalue weighted by atomic mass is 9.98. The average Bonchev–Trinajstić information content (AvgIpc) is 2.39. The van der Waals surface area contributed by atoms with Gasteiger partial charge in [-0.05, 0) is 23.6 Å². The first-order valence-corrected chi connectivity index (χ1v) is 6.44. The molecular weight excluding hydrogens is 265 g/mol. The topological polar surface area (TPSA) is 59.0 Å². The summed E-state index contributed by atoms with van der Waals surface area (Å²) in [5.41, 5.74) is 1.01. The summed E-state index contributed by atoms with van der Waals surface area (Å²) < 4.78 is 23.8. The highest BCUT2D eigenvalue weighted by Crippen LogP contribution is 2.37. The number of fused-ring (bicyclic) bond motifs is 1. The number of methoxy groups -OCH3 is 1. The third-order valence-corrected chi connectivity index (χ3v) is 3.29. The van der Waals surface area contributed by atoms with Gasteiger partial charge in [0, 0.05) is 12.7 Å². The number of carbonyl (C=O) groups is 1. The molecule has 0 radical (unpaired) electrons. The van der Waals surface area contributed by atoms with E-state index in [1.165, 1.54) is 13.2 Å². The first-order chi connectivity index (χ1) is 9.45. The summed E-state index contributed by atoms with van der Waals surface area (Å²) in [4.78, 5) is 12.9. The number of halogens is 1. The minimum atomic E-state index is -1.23. The van der Waals surface area contributed by atoms with Gasteiger partial charge >= 0.3 is 6.09 Å². The molecule has 1 aromatic rings. The summed E-state index contributed by atoms with van der Waals surface area (Å²) in [6.45, 7) is 4.27. The molecule has 20 heavy (non-hydrogen) atoms. The third-order valence-electron chi connectivity index (χ3n) is 3.29. The Hall–Kier alpha value is -1.66. The first-order valence-electron chi connectivity index (χ1n) is 6.44. The predicted molar refractivity (Wildman–Crippen MR) is 70.1 cm³/mol. The van der Waals surface area contributed by atoms with Gasteiger partial charge in [-0.25, -0.2) is 9.18 Å². The Bertz CT molecular complexity index is 518. The largest absolute Gasteiger partial charge is 0.417 e. The van der Waals surface area contributed by atoms with Crippen LogP contribution in [0.25, 0.3) is 0 Å². The number of hydrogen-bond acceptors (Lipinski definition) is 4. The van der Waals surface area contributed by atoms with Crippen LogP contribution in [0.5, 0.6) is 5.75 Å². The van der Waals surface area contributed by atoms with Gasteiger partial charge in [-0.1, -0.05) is 13.8 Å². The standard InChI is InChI=1S/C14H18FNO4/c1-8(2)9-6-10-12(11(15)7-9)20-14(18)16(13(10)17)4-5-19-3/h6-8,13,17H,4-5H2,1-3H3. The van der Waals surface area contributed by atoms with Crippen LogP contribution in [0.4, 0.5) is 9.18 Å². The van der Waals surface area contributed by atoms with Crippen molar-refractivity contribution in [2.45, 2.75) is 26.0 Å². The van der Waals surface area contributed by atoms with Crippen molar-refractivity contribution in [2.24, 2.45) is 0 Å². The fourth-order valence-electron chi connectivity index (χ4n) is 2.09. The number of amides is 1. The maximum Gasteiger partial charge on any atom is 0.417 e. The van der Waals surface area contributed by atoms with Crippen LogP contribution in [0.15, 0.2) is 12.1 Å². The summed E-state index contributed by atoms with van der Waals surface area (Å²) >= 11 is 0. The van der Waals surface area contributed by atoms with Gasteiger partial charge in [-0.3, -0.25) is 4.90 Å². The SMILES string of the molecule is COCCN1C(=O)Oc2c(F)cc(C(C)C)cc2C1O. The second kappa shape index (κ2) is 5.76. The van der Waals surface area contributed by atoms with E-state index >= 15 is 0 Å². The van der Waals surface area contributed by atoms with Crippen LogP contribution < -0.4 is 4.74 Å². The minimum absolute atomic E-state index is 0.104. The van der Waals surface area contributed by atoms with Gasteiger partial charge in [-0.15, -0.1) is 0 Å². The number of ether oxygens (including phenoxy) is 2. The normalized spacial score (nSPS) is 18.2. The molecule has 1 aromatic carbocycles. The molecule has 1 N–H and O–H groups in total.